The highest BCUT2D eigenvalue weighted by Crippen LogP contribution is 2.49. The molecule has 0 amide bonds. The van der Waals surface area contributed by atoms with Crippen LogP contribution in [0.25, 0.3) is 0 Å². The SMILES string of the molecule is C=CCC12CCN(CC1)C(C(c1ccccc1)c1ccccc1)C2N. The first-order valence-corrected chi connectivity index (χ1v) is 9.46. The molecule has 3 saturated heterocycles. The van der Waals surface area contributed by atoms with Gasteiger partial charge in [-0.1, -0.05) is 66.7 Å². The molecule has 3 aliphatic heterocycles. The van der Waals surface area contributed by atoms with Crippen LogP contribution in [0.1, 0.15) is 36.3 Å². The van der Waals surface area contributed by atoms with Gasteiger partial charge in [0.15, 0.2) is 0 Å². The Morgan fingerprint density at radius 3 is 2.00 bits per heavy atom. The van der Waals surface area contributed by atoms with Crippen molar-refractivity contribution in [1.29, 1.82) is 0 Å². The summed E-state index contributed by atoms with van der Waals surface area (Å²) in [6.07, 6.45) is 5.52. The number of nitrogens with zero attached hydrogens (tertiary/aromatic N) is 1. The van der Waals surface area contributed by atoms with E-state index in [0.29, 0.717) is 12.0 Å². The maximum absolute atomic E-state index is 6.97. The number of hydrogen-bond donors (Lipinski definition) is 1. The molecule has 2 N–H and O–H groups in total. The molecule has 2 bridgehead atoms. The van der Waals surface area contributed by atoms with Gasteiger partial charge in [0, 0.05) is 18.0 Å². The Morgan fingerprint density at radius 1 is 1.00 bits per heavy atom. The van der Waals surface area contributed by atoms with Crippen LogP contribution in [0.4, 0.5) is 0 Å². The van der Waals surface area contributed by atoms with Gasteiger partial charge < -0.3 is 5.73 Å². The first-order chi connectivity index (χ1) is 12.2. The fraction of sp³-hybridized carbons (Fsp3) is 0.391. The van der Waals surface area contributed by atoms with Crippen LogP contribution >= 0.6 is 0 Å². The monoisotopic (exact) mass is 332 g/mol. The van der Waals surface area contributed by atoms with Gasteiger partial charge >= 0.3 is 0 Å². The first kappa shape index (κ1) is 16.6. The molecule has 3 fully saturated rings. The van der Waals surface area contributed by atoms with Crippen molar-refractivity contribution >= 4 is 0 Å². The van der Waals surface area contributed by atoms with E-state index in [0.717, 1.165) is 19.5 Å². The molecule has 0 aromatic heterocycles. The maximum atomic E-state index is 6.97. The van der Waals surface area contributed by atoms with Crippen molar-refractivity contribution in [1.82, 2.24) is 4.90 Å². The lowest BCUT2D eigenvalue weighted by atomic mass is 9.60. The number of fused-ring (bicyclic) bond motifs is 3. The number of piperidine rings is 3. The standard InChI is InChI=1S/C23H28N2/c1-2-13-23-14-16-25(17-15-23)21(22(23)24)20(18-9-5-3-6-10-18)19-11-7-4-8-12-19/h2-12,20-22H,1,13-17,24H2. The maximum Gasteiger partial charge on any atom is 0.0361 e. The summed E-state index contributed by atoms with van der Waals surface area (Å²) < 4.78 is 0. The van der Waals surface area contributed by atoms with Gasteiger partial charge in [0.2, 0.25) is 0 Å². The smallest absolute Gasteiger partial charge is 0.0361 e. The summed E-state index contributed by atoms with van der Waals surface area (Å²) in [5.74, 6) is 0.321. The van der Waals surface area contributed by atoms with Gasteiger partial charge in [0.1, 0.15) is 0 Å². The molecule has 0 aliphatic carbocycles. The molecule has 3 aliphatic rings. The molecule has 5 rings (SSSR count). The lowest BCUT2D eigenvalue weighted by molar-refractivity contribution is -0.0457. The minimum atomic E-state index is 0.179. The van der Waals surface area contributed by atoms with E-state index in [1.54, 1.807) is 0 Å². The molecular formula is C23H28N2. The zero-order valence-corrected chi connectivity index (χ0v) is 14.9. The average Bonchev–Trinajstić information content (AvgIpc) is 2.67. The summed E-state index contributed by atoms with van der Waals surface area (Å²) in [5, 5.41) is 0. The molecular weight excluding hydrogens is 304 g/mol. The van der Waals surface area contributed by atoms with Crippen LogP contribution in [0.3, 0.4) is 0 Å². The van der Waals surface area contributed by atoms with Crippen LogP contribution in [0.2, 0.25) is 0 Å². The molecule has 130 valence electrons. The second kappa shape index (κ2) is 6.78. The van der Waals surface area contributed by atoms with E-state index in [4.69, 9.17) is 5.73 Å². The number of allylic oxidation sites excluding steroid dienone is 1. The van der Waals surface area contributed by atoms with E-state index in [1.807, 2.05) is 0 Å². The number of hydrogen-bond acceptors (Lipinski definition) is 2. The van der Waals surface area contributed by atoms with Gasteiger partial charge in [-0.15, -0.1) is 6.58 Å². The van der Waals surface area contributed by atoms with Gasteiger partial charge in [-0.25, -0.2) is 0 Å². The lowest BCUT2D eigenvalue weighted by Gasteiger charge is -2.59. The summed E-state index contributed by atoms with van der Waals surface area (Å²) in [5.41, 5.74) is 9.94. The largest absolute Gasteiger partial charge is 0.326 e. The van der Waals surface area contributed by atoms with Crippen molar-refractivity contribution in [2.75, 3.05) is 13.1 Å². The highest BCUT2D eigenvalue weighted by molar-refractivity contribution is 5.36. The normalized spacial score (nSPS) is 31.2. The van der Waals surface area contributed by atoms with Gasteiger partial charge in [-0.2, -0.15) is 0 Å². The fourth-order valence-electron chi connectivity index (χ4n) is 5.14. The Hall–Kier alpha value is -1.90. The number of rotatable bonds is 5. The Morgan fingerprint density at radius 2 is 1.52 bits per heavy atom. The van der Waals surface area contributed by atoms with Gasteiger partial charge in [-0.05, 0) is 48.9 Å². The molecule has 0 saturated carbocycles. The highest BCUT2D eigenvalue weighted by atomic mass is 15.2. The molecule has 2 unspecified atom stereocenters. The van der Waals surface area contributed by atoms with E-state index in [-0.39, 0.29) is 11.5 Å². The first-order valence-electron chi connectivity index (χ1n) is 9.46. The topological polar surface area (TPSA) is 29.3 Å². The second-order valence-corrected chi connectivity index (χ2v) is 7.71. The predicted octanol–water partition coefficient (Wildman–Crippen LogP) is 4.19. The van der Waals surface area contributed by atoms with Gasteiger partial charge in [0.25, 0.3) is 0 Å². The van der Waals surface area contributed by atoms with Crippen LogP contribution in [0.5, 0.6) is 0 Å². The van der Waals surface area contributed by atoms with Crippen LogP contribution in [0.15, 0.2) is 73.3 Å². The number of nitrogens with two attached hydrogens (primary N) is 1. The molecule has 2 atom stereocenters. The molecule has 2 nitrogen and oxygen atoms in total. The fourth-order valence-corrected chi connectivity index (χ4v) is 5.14. The Balaban J connectivity index is 1.78. The molecule has 25 heavy (non-hydrogen) atoms. The Bertz CT molecular complexity index is 662. The minimum absolute atomic E-state index is 0.179. The third-order valence-corrected chi connectivity index (χ3v) is 6.50. The molecule has 2 heteroatoms. The van der Waals surface area contributed by atoms with Gasteiger partial charge in [0.05, 0.1) is 0 Å². The van der Waals surface area contributed by atoms with E-state index >= 15 is 0 Å². The van der Waals surface area contributed by atoms with E-state index < -0.39 is 0 Å². The molecule has 3 heterocycles. The zero-order valence-electron chi connectivity index (χ0n) is 14.9. The van der Waals surface area contributed by atoms with Crippen LogP contribution in [-0.4, -0.2) is 30.1 Å². The zero-order chi connectivity index (χ0) is 17.3. The second-order valence-electron chi connectivity index (χ2n) is 7.71. The predicted molar refractivity (Wildman–Crippen MR) is 105 cm³/mol. The lowest BCUT2D eigenvalue weighted by Crippen LogP contribution is -2.68. The minimum Gasteiger partial charge on any atom is -0.326 e. The van der Waals surface area contributed by atoms with Crippen molar-refractivity contribution in [3.05, 3.63) is 84.4 Å². The van der Waals surface area contributed by atoms with Crippen molar-refractivity contribution in [3.63, 3.8) is 0 Å². The van der Waals surface area contributed by atoms with Crippen molar-refractivity contribution in [3.8, 4) is 0 Å². The molecule has 0 spiro atoms. The van der Waals surface area contributed by atoms with Crippen LogP contribution < -0.4 is 5.73 Å². The third-order valence-electron chi connectivity index (χ3n) is 6.50. The summed E-state index contributed by atoms with van der Waals surface area (Å²) in [7, 11) is 0. The van der Waals surface area contributed by atoms with Crippen LogP contribution in [0, 0.1) is 5.41 Å². The Labute approximate surface area is 151 Å². The summed E-state index contributed by atoms with van der Waals surface area (Å²) in [6.45, 7) is 6.33. The van der Waals surface area contributed by atoms with E-state index in [2.05, 4.69) is 78.2 Å². The van der Waals surface area contributed by atoms with E-state index in [1.165, 1.54) is 24.0 Å². The van der Waals surface area contributed by atoms with Crippen LogP contribution in [-0.2, 0) is 0 Å². The third kappa shape index (κ3) is 2.84. The summed E-state index contributed by atoms with van der Waals surface area (Å²) in [6, 6.07) is 22.3. The van der Waals surface area contributed by atoms with Crippen molar-refractivity contribution < 1.29 is 0 Å². The van der Waals surface area contributed by atoms with E-state index in [9.17, 15) is 0 Å². The van der Waals surface area contributed by atoms with Gasteiger partial charge in [-0.3, -0.25) is 4.90 Å². The highest BCUT2D eigenvalue weighted by Gasteiger charge is 2.52. The molecule has 2 aromatic carbocycles. The number of benzene rings is 2. The molecule has 0 radical (unpaired) electrons. The van der Waals surface area contributed by atoms with Crippen molar-refractivity contribution in [2.45, 2.75) is 37.3 Å². The quantitative estimate of drug-likeness (QED) is 0.832. The summed E-state index contributed by atoms with van der Waals surface area (Å²) >= 11 is 0. The average molecular weight is 332 g/mol. The Kier molecular flexibility index (Phi) is 4.49. The summed E-state index contributed by atoms with van der Waals surface area (Å²) in [4.78, 5) is 2.64. The molecule has 2 aromatic rings. The van der Waals surface area contributed by atoms with Crippen molar-refractivity contribution in [2.24, 2.45) is 11.1 Å².